The van der Waals surface area contributed by atoms with Crippen LogP contribution in [0.2, 0.25) is 0 Å². The van der Waals surface area contributed by atoms with Crippen molar-refractivity contribution in [3.05, 3.63) is 0 Å². The van der Waals surface area contributed by atoms with Gasteiger partial charge in [0.25, 0.3) is 0 Å². The van der Waals surface area contributed by atoms with E-state index in [0.717, 1.165) is 31.9 Å². The van der Waals surface area contributed by atoms with Crippen LogP contribution in [0.4, 0.5) is 0 Å². The van der Waals surface area contributed by atoms with Gasteiger partial charge in [0.15, 0.2) is 5.96 Å². The Morgan fingerprint density at radius 1 is 1.14 bits per heavy atom. The molecule has 0 aromatic carbocycles. The van der Waals surface area contributed by atoms with Crippen LogP contribution >= 0.6 is 24.0 Å². The molecule has 2 N–H and O–H groups in total. The van der Waals surface area contributed by atoms with Crippen molar-refractivity contribution in [2.24, 2.45) is 10.9 Å². The Balaban J connectivity index is 0. The largest absolute Gasteiger partial charge is 0.357 e. The number of nitrogens with one attached hydrogen (secondary N) is 2. The standard InChI is InChI=1S/C15H33N3OS.HI/c1-7-13(8-2)12-18-14(16-9-3)17-10-11-20(19)15(4,5)6;/h13H,7-12H2,1-6H3,(H2,16,17,18);1H. The van der Waals surface area contributed by atoms with Crippen molar-refractivity contribution in [3.8, 4) is 0 Å². The van der Waals surface area contributed by atoms with Crippen molar-refractivity contribution in [2.75, 3.05) is 25.4 Å². The third-order valence-corrected chi connectivity index (χ3v) is 5.21. The average Bonchev–Trinajstić information content (AvgIpc) is 2.38. The summed E-state index contributed by atoms with van der Waals surface area (Å²) in [6, 6.07) is 0. The van der Waals surface area contributed by atoms with Gasteiger partial charge in [-0.15, -0.1) is 24.0 Å². The molecule has 21 heavy (non-hydrogen) atoms. The zero-order valence-corrected chi connectivity index (χ0v) is 17.6. The number of aliphatic imine (C=N–C) groups is 1. The van der Waals surface area contributed by atoms with Gasteiger partial charge in [0.05, 0.1) is 0 Å². The molecule has 0 radical (unpaired) electrons. The van der Waals surface area contributed by atoms with E-state index in [1.807, 2.05) is 20.8 Å². The highest BCUT2D eigenvalue weighted by Crippen LogP contribution is 2.10. The Morgan fingerprint density at radius 3 is 2.14 bits per heavy atom. The number of rotatable bonds is 8. The Labute approximate surface area is 150 Å². The van der Waals surface area contributed by atoms with Crippen LogP contribution in [0, 0.1) is 5.92 Å². The zero-order valence-electron chi connectivity index (χ0n) is 14.5. The van der Waals surface area contributed by atoms with E-state index < -0.39 is 10.8 Å². The van der Waals surface area contributed by atoms with Crippen molar-refractivity contribution in [1.82, 2.24) is 10.6 Å². The Kier molecular flexibility index (Phi) is 14.1. The first kappa shape index (κ1) is 23.4. The molecule has 1 atom stereocenters. The maximum absolute atomic E-state index is 12.0. The minimum Gasteiger partial charge on any atom is -0.357 e. The van der Waals surface area contributed by atoms with Gasteiger partial charge in [-0.05, 0) is 33.6 Å². The average molecular weight is 431 g/mol. The Bertz CT molecular complexity index is 313. The molecule has 0 aliphatic heterocycles. The fourth-order valence-corrected chi connectivity index (χ4v) is 2.58. The summed E-state index contributed by atoms with van der Waals surface area (Å²) in [5.74, 6) is 2.14. The lowest BCUT2D eigenvalue weighted by atomic mass is 10.0. The normalized spacial score (nSPS) is 13.8. The van der Waals surface area contributed by atoms with Crippen LogP contribution in [-0.4, -0.2) is 40.3 Å². The van der Waals surface area contributed by atoms with E-state index in [1.54, 1.807) is 0 Å². The van der Waals surface area contributed by atoms with Gasteiger partial charge in [-0.1, -0.05) is 26.7 Å². The fraction of sp³-hybridized carbons (Fsp3) is 0.933. The van der Waals surface area contributed by atoms with Crippen molar-refractivity contribution in [3.63, 3.8) is 0 Å². The van der Waals surface area contributed by atoms with Crippen LogP contribution < -0.4 is 10.6 Å². The summed E-state index contributed by atoms with van der Waals surface area (Å²) in [6.07, 6.45) is 2.32. The van der Waals surface area contributed by atoms with Crippen molar-refractivity contribution < 1.29 is 4.21 Å². The third kappa shape index (κ3) is 11.4. The first-order valence-corrected chi connectivity index (χ1v) is 9.07. The Hall–Kier alpha value is 0.150. The van der Waals surface area contributed by atoms with Crippen LogP contribution in [0.3, 0.4) is 0 Å². The minimum atomic E-state index is -0.819. The molecule has 0 aliphatic carbocycles. The van der Waals surface area contributed by atoms with E-state index >= 15 is 0 Å². The van der Waals surface area contributed by atoms with Crippen LogP contribution in [-0.2, 0) is 10.8 Å². The molecule has 1 unspecified atom stereocenters. The summed E-state index contributed by atoms with van der Waals surface area (Å²) in [5.41, 5.74) is 0. The van der Waals surface area contributed by atoms with Crippen molar-refractivity contribution in [2.45, 2.75) is 59.1 Å². The summed E-state index contributed by atoms with van der Waals surface area (Å²) in [7, 11) is -0.819. The quantitative estimate of drug-likeness (QED) is 0.353. The Morgan fingerprint density at radius 2 is 1.71 bits per heavy atom. The van der Waals surface area contributed by atoms with E-state index in [4.69, 9.17) is 0 Å². The number of hydrogen-bond donors (Lipinski definition) is 2. The van der Waals surface area contributed by atoms with Crippen molar-refractivity contribution in [1.29, 1.82) is 0 Å². The molecule has 0 saturated carbocycles. The summed E-state index contributed by atoms with van der Waals surface area (Å²) in [4.78, 5) is 4.61. The third-order valence-electron chi connectivity index (χ3n) is 3.27. The molecule has 0 aliphatic rings. The topological polar surface area (TPSA) is 53.5 Å². The lowest BCUT2D eigenvalue weighted by molar-refractivity contribution is 0.504. The van der Waals surface area contributed by atoms with Gasteiger partial charge in [0, 0.05) is 40.9 Å². The molecule has 0 aromatic rings. The summed E-state index contributed by atoms with van der Waals surface area (Å²) in [5, 5.41) is 6.51. The first-order valence-electron chi connectivity index (χ1n) is 7.75. The van der Waals surface area contributed by atoms with Crippen LogP contribution in [0.1, 0.15) is 54.4 Å². The molecule has 0 aromatic heterocycles. The van der Waals surface area contributed by atoms with Gasteiger partial charge in [-0.3, -0.25) is 9.20 Å². The smallest absolute Gasteiger partial charge is 0.191 e. The maximum atomic E-state index is 12.0. The van der Waals surface area contributed by atoms with Gasteiger partial charge in [0.2, 0.25) is 0 Å². The highest BCUT2D eigenvalue weighted by molar-refractivity contribution is 14.0. The van der Waals surface area contributed by atoms with E-state index in [9.17, 15) is 4.21 Å². The second kappa shape index (κ2) is 12.7. The lowest BCUT2D eigenvalue weighted by Crippen LogP contribution is -2.40. The molecule has 0 heterocycles. The number of guanidine groups is 1. The molecule has 128 valence electrons. The predicted molar refractivity (Wildman–Crippen MR) is 106 cm³/mol. The van der Waals surface area contributed by atoms with Gasteiger partial charge in [-0.2, -0.15) is 0 Å². The molecule has 0 amide bonds. The van der Waals surface area contributed by atoms with Gasteiger partial charge >= 0.3 is 0 Å². The van der Waals surface area contributed by atoms with E-state index in [0.29, 0.717) is 18.2 Å². The molecule has 0 bridgehead atoms. The minimum absolute atomic E-state index is 0. The fourth-order valence-electron chi connectivity index (χ4n) is 1.68. The number of nitrogens with zero attached hydrogens (tertiary/aromatic N) is 1. The molecular weight excluding hydrogens is 397 g/mol. The van der Waals surface area contributed by atoms with E-state index in [2.05, 4.69) is 36.4 Å². The van der Waals surface area contributed by atoms with Crippen molar-refractivity contribution >= 4 is 40.7 Å². The zero-order chi connectivity index (χ0) is 15.6. The monoisotopic (exact) mass is 431 g/mol. The van der Waals surface area contributed by atoms with Crippen LogP contribution in [0.15, 0.2) is 4.99 Å². The second-order valence-corrected chi connectivity index (χ2v) is 8.31. The van der Waals surface area contributed by atoms with Gasteiger partial charge in [-0.25, -0.2) is 0 Å². The summed E-state index contributed by atoms with van der Waals surface area (Å²) < 4.78 is 11.8. The molecule has 0 spiro atoms. The number of hydrogen-bond acceptors (Lipinski definition) is 2. The SMILES string of the molecule is CCNC(=NCC(CC)CC)NCCS(=O)C(C)(C)C.I. The predicted octanol–water partition coefficient (Wildman–Crippen LogP) is 3.14. The van der Waals surface area contributed by atoms with Crippen LogP contribution in [0.5, 0.6) is 0 Å². The highest BCUT2D eigenvalue weighted by atomic mass is 127. The summed E-state index contributed by atoms with van der Waals surface area (Å²) in [6.45, 7) is 14.9. The molecule has 0 saturated heterocycles. The number of halogens is 1. The molecule has 0 rings (SSSR count). The first-order chi connectivity index (χ1) is 9.35. The van der Waals surface area contributed by atoms with Crippen LogP contribution in [0.25, 0.3) is 0 Å². The molecule has 6 heteroatoms. The van der Waals surface area contributed by atoms with E-state index in [-0.39, 0.29) is 28.7 Å². The lowest BCUT2D eigenvalue weighted by Gasteiger charge is -2.18. The molecular formula is C15H34IN3OS. The second-order valence-electron chi connectivity index (χ2n) is 5.99. The molecule has 4 nitrogen and oxygen atoms in total. The van der Waals surface area contributed by atoms with Gasteiger partial charge < -0.3 is 10.6 Å². The molecule has 0 fully saturated rings. The van der Waals surface area contributed by atoms with Gasteiger partial charge in [0.1, 0.15) is 0 Å². The maximum Gasteiger partial charge on any atom is 0.191 e. The highest BCUT2D eigenvalue weighted by Gasteiger charge is 2.18. The summed E-state index contributed by atoms with van der Waals surface area (Å²) >= 11 is 0. The van der Waals surface area contributed by atoms with E-state index in [1.165, 1.54) is 0 Å².